The van der Waals surface area contributed by atoms with E-state index in [1.54, 1.807) is 0 Å². The maximum Gasteiger partial charge on any atom is 0.227 e. The molecule has 0 aliphatic carbocycles. The molecule has 2 aromatic carbocycles. The number of benzene rings is 2. The van der Waals surface area contributed by atoms with Crippen molar-refractivity contribution in [2.45, 2.75) is 6.42 Å². The molecule has 0 aliphatic heterocycles. The average Bonchev–Trinajstić information content (AvgIpc) is 2.83. The molecule has 2 N–H and O–H groups in total. The number of oxazole rings is 1. The Kier molecular flexibility index (Phi) is 2.82. The molecule has 0 atom stereocenters. The Morgan fingerprint density at radius 2 is 1.78 bits per heavy atom. The first-order valence-electron chi connectivity index (χ1n) is 6.02. The minimum Gasteiger partial charge on any atom is -0.436 e. The molecule has 3 heteroatoms. The lowest BCUT2D eigenvalue weighted by molar-refractivity contribution is 0.618. The fourth-order valence-corrected chi connectivity index (χ4v) is 2.09. The molecule has 0 saturated heterocycles. The third-order valence-corrected chi connectivity index (χ3v) is 2.96. The van der Waals surface area contributed by atoms with E-state index in [9.17, 15) is 0 Å². The van der Waals surface area contributed by atoms with Gasteiger partial charge in [0.1, 0.15) is 5.52 Å². The van der Waals surface area contributed by atoms with Crippen LogP contribution in [0.15, 0.2) is 52.9 Å². The summed E-state index contributed by atoms with van der Waals surface area (Å²) < 4.78 is 5.79. The van der Waals surface area contributed by atoms with Crippen LogP contribution in [-0.4, -0.2) is 11.5 Å². The summed E-state index contributed by atoms with van der Waals surface area (Å²) in [6, 6.07) is 15.9. The van der Waals surface area contributed by atoms with Gasteiger partial charge in [0.2, 0.25) is 5.89 Å². The zero-order chi connectivity index (χ0) is 12.4. The summed E-state index contributed by atoms with van der Waals surface area (Å²) in [5.74, 6) is 0.667. The van der Waals surface area contributed by atoms with Crippen LogP contribution in [0.3, 0.4) is 0 Å². The van der Waals surface area contributed by atoms with Crippen molar-refractivity contribution >= 4 is 11.1 Å². The van der Waals surface area contributed by atoms with Gasteiger partial charge in [0.15, 0.2) is 5.58 Å². The van der Waals surface area contributed by atoms with Gasteiger partial charge in [-0.3, -0.25) is 0 Å². The van der Waals surface area contributed by atoms with Gasteiger partial charge in [-0.2, -0.15) is 0 Å². The molecule has 1 heterocycles. The first kappa shape index (κ1) is 11.0. The van der Waals surface area contributed by atoms with Gasteiger partial charge < -0.3 is 10.2 Å². The number of nitrogens with two attached hydrogens (primary N) is 1. The van der Waals surface area contributed by atoms with E-state index >= 15 is 0 Å². The van der Waals surface area contributed by atoms with Crippen LogP contribution >= 0.6 is 0 Å². The van der Waals surface area contributed by atoms with E-state index in [0.29, 0.717) is 12.4 Å². The Morgan fingerprint density at radius 3 is 2.61 bits per heavy atom. The first-order valence-corrected chi connectivity index (χ1v) is 6.02. The molecule has 0 radical (unpaired) electrons. The van der Waals surface area contributed by atoms with Gasteiger partial charge in [0.25, 0.3) is 0 Å². The Hall–Kier alpha value is -2.13. The number of aromatic nitrogens is 1. The van der Waals surface area contributed by atoms with Crippen molar-refractivity contribution in [3.63, 3.8) is 0 Å². The monoisotopic (exact) mass is 238 g/mol. The summed E-state index contributed by atoms with van der Waals surface area (Å²) in [7, 11) is 0. The van der Waals surface area contributed by atoms with Gasteiger partial charge in [0, 0.05) is 5.56 Å². The van der Waals surface area contributed by atoms with Crippen LogP contribution in [0.1, 0.15) is 5.56 Å². The minimum atomic E-state index is 0.622. The van der Waals surface area contributed by atoms with E-state index in [1.165, 1.54) is 5.56 Å². The minimum absolute atomic E-state index is 0.622. The number of para-hydroxylation sites is 2. The fraction of sp³-hybridized carbons (Fsp3) is 0.133. The standard InChI is InChI=1S/C15H14N2O/c16-10-9-11-5-1-2-6-12(11)15-17-13-7-3-4-8-14(13)18-15/h1-8H,9-10,16H2. The summed E-state index contributed by atoms with van der Waals surface area (Å²) in [4.78, 5) is 4.52. The van der Waals surface area contributed by atoms with Crippen LogP contribution in [0.4, 0.5) is 0 Å². The summed E-state index contributed by atoms with van der Waals surface area (Å²) in [6.45, 7) is 0.622. The molecule has 1 aromatic heterocycles. The van der Waals surface area contributed by atoms with Crippen LogP contribution < -0.4 is 5.73 Å². The molecule has 0 amide bonds. The summed E-state index contributed by atoms with van der Waals surface area (Å²) in [5.41, 5.74) is 9.53. The maximum atomic E-state index is 5.79. The lowest BCUT2D eigenvalue weighted by Gasteiger charge is -2.04. The number of nitrogens with zero attached hydrogens (tertiary/aromatic N) is 1. The second kappa shape index (κ2) is 4.63. The Labute approximate surface area is 105 Å². The third kappa shape index (κ3) is 1.89. The molecule has 3 rings (SSSR count). The van der Waals surface area contributed by atoms with E-state index < -0.39 is 0 Å². The molecule has 0 saturated carbocycles. The second-order valence-corrected chi connectivity index (χ2v) is 4.18. The summed E-state index contributed by atoms with van der Waals surface area (Å²) in [5, 5.41) is 0. The molecule has 3 aromatic rings. The van der Waals surface area contributed by atoms with Crippen molar-refractivity contribution in [1.29, 1.82) is 0 Å². The maximum absolute atomic E-state index is 5.79. The number of rotatable bonds is 3. The van der Waals surface area contributed by atoms with E-state index in [0.717, 1.165) is 23.1 Å². The lowest BCUT2D eigenvalue weighted by atomic mass is 10.0. The molecule has 18 heavy (non-hydrogen) atoms. The molecule has 0 bridgehead atoms. The quantitative estimate of drug-likeness (QED) is 0.763. The largest absolute Gasteiger partial charge is 0.436 e. The predicted molar refractivity (Wildman–Crippen MR) is 72.2 cm³/mol. The van der Waals surface area contributed by atoms with E-state index in [4.69, 9.17) is 10.2 Å². The number of hydrogen-bond donors (Lipinski definition) is 1. The first-order chi connectivity index (χ1) is 8.88. The predicted octanol–water partition coefficient (Wildman–Crippen LogP) is 3.00. The normalized spacial score (nSPS) is 10.9. The Bertz CT molecular complexity index is 640. The highest BCUT2D eigenvalue weighted by atomic mass is 16.3. The van der Waals surface area contributed by atoms with Crippen molar-refractivity contribution in [3.05, 3.63) is 54.1 Å². The SMILES string of the molecule is NCCc1ccccc1-c1nc2ccccc2o1. The molecular formula is C15H14N2O. The van der Waals surface area contributed by atoms with Gasteiger partial charge >= 0.3 is 0 Å². The van der Waals surface area contributed by atoms with Crippen molar-refractivity contribution in [1.82, 2.24) is 4.98 Å². The molecule has 0 unspecified atom stereocenters. The zero-order valence-electron chi connectivity index (χ0n) is 9.97. The average molecular weight is 238 g/mol. The van der Waals surface area contributed by atoms with Gasteiger partial charge in [-0.25, -0.2) is 4.98 Å². The van der Waals surface area contributed by atoms with Crippen molar-refractivity contribution in [2.75, 3.05) is 6.54 Å². The number of hydrogen-bond acceptors (Lipinski definition) is 3. The summed E-state index contributed by atoms with van der Waals surface area (Å²) >= 11 is 0. The topological polar surface area (TPSA) is 52.0 Å². The van der Waals surface area contributed by atoms with Crippen LogP contribution in [0.25, 0.3) is 22.6 Å². The highest BCUT2D eigenvalue weighted by molar-refractivity contribution is 5.76. The fourth-order valence-electron chi connectivity index (χ4n) is 2.09. The zero-order valence-corrected chi connectivity index (χ0v) is 9.97. The molecule has 0 fully saturated rings. The second-order valence-electron chi connectivity index (χ2n) is 4.18. The van der Waals surface area contributed by atoms with E-state index in [-0.39, 0.29) is 0 Å². The Balaban J connectivity index is 2.13. The van der Waals surface area contributed by atoms with Crippen LogP contribution in [0.2, 0.25) is 0 Å². The molecule has 90 valence electrons. The highest BCUT2D eigenvalue weighted by Crippen LogP contribution is 2.26. The lowest BCUT2D eigenvalue weighted by Crippen LogP contribution is -2.03. The Morgan fingerprint density at radius 1 is 1.00 bits per heavy atom. The van der Waals surface area contributed by atoms with E-state index in [1.807, 2.05) is 42.5 Å². The van der Waals surface area contributed by atoms with Crippen LogP contribution in [-0.2, 0) is 6.42 Å². The van der Waals surface area contributed by atoms with Gasteiger partial charge in [0.05, 0.1) is 0 Å². The van der Waals surface area contributed by atoms with Crippen LogP contribution in [0, 0.1) is 0 Å². The number of fused-ring (bicyclic) bond motifs is 1. The molecular weight excluding hydrogens is 224 g/mol. The highest BCUT2D eigenvalue weighted by Gasteiger charge is 2.10. The van der Waals surface area contributed by atoms with E-state index in [2.05, 4.69) is 11.1 Å². The van der Waals surface area contributed by atoms with Crippen LogP contribution in [0.5, 0.6) is 0 Å². The third-order valence-electron chi connectivity index (χ3n) is 2.96. The van der Waals surface area contributed by atoms with Gasteiger partial charge in [-0.05, 0) is 36.7 Å². The molecule has 0 spiro atoms. The smallest absolute Gasteiger partial charge is 0.227 e. The summed E-state index contributed by atoms with van der Waals surface area (Å²) in [6.07, 6.45) is 0.828. The van der Waals surface area contributed by atoms with Gasteiger partial charge in [-0.1, -0.05) is 30.3 Å². The van der Waals surface area contributed by atoms with Gasteiger partial charge in [-0.15, -0.1) is 0 Å². The molecule has 0 aliphatic rings. The van der Waals surface area contributed by atoms with Crippen molar-refractivity contribution in [2.24, 2.45) is 5.73 Å². The van der Waals surface area contributed by atoms with Crippen molar-refractivity contribution < 1.29 is 4.42 Å². The van der Waals surface area contributed by atoms with Crippen molar-refractivity contribution in [3.8, 4) is 11.5 Å². The molecule has 3 nitrogen and oxygen atoms in total.